The summed E-state index contributed by atoms with van der Waals surface area (Å²) in [5.41, 5.74) is 8.87. The monoisotopic (exact) mass is 311 g/mol. The number of carbonyl (C=O) groups is 1. The minimum Gasteiger partial charge on any atom is -0.496 e. The normalized spacial score (nSPS) is 10.5. The van der Waals surface area contributed by atoms with Crippen LogP contribution in [0, 0.1) is 0 Å². The number of methoxy groups -OCH3 is 2. The predicted molar refractivity (Wildman–Crippen MR) is 69.8 cm³/mol. The molecule has 0 aliphatic rings. The number of esters is 1. The highest BCUT2D eigenvalue weighted by Gasteiger charge is 2.09. The largest absolute Gasteiger partial charge is 0.496 e. The Balaban J connectivity index is 3.27. The maximum Gasteiger partial charge on any atom is 0.340 e. The molecular weight excluding hydrogens is 302 g/mol. The second kappa shape index (κ2) is 6.68. The Labute approximate surface area is 112 Å². The summed E-state index contributed by atoms with van der Waals surface area (Å²) in [6, 6.07) is 5.23. The van der Waals surface area contributed by atoms with Crippen LogP contribution in [0.1, 0.15) is 5.56 Å². The molecule has 1 rings (SSSR count). The van der Waals surface area contributed by atoms with Crippen molar-refractivity contribution in [3.63, 3.8) is 0 Å². The van der Waals surface area contributed by atoms with Gasteiger partial charge in [-0.1, -0.05) is 27.1 Å². The molecule has 0 radical (unpaired) electrons. The lowest BCUT2D eigenvalue weighted by atomic mass is 10.1. The molecule has 0 atom stereocenters. The van der Waals surface area contributed by atoms with Crippen molar-refractivity contribution in [2.45, 2.75) is 0 Å². The molecule has 1 aromatic rings. The zero-order chi connectivity index (χ0) is 13.5. The lowest BCUT2D eigenvalue weighted by Gasteiger charge is -2.06. The van der Waals surface area contributed by atoms with Gasteiger partial charge in [0.1, 0.15) is 11.4 Å². The lowest BCUT2D eigenvalue weighted by Crippen LogP contribution is -2.02. The molecule has 94 valence electrons. The summed E-state index contributed by atoms with van der Waals surface area (Å²) in [5.74, 6) is -0.170. The number of hydrogen-bond donors (Lipinski definition) is 0. The van der Waals surface area contributed by atoms with Crippen LogP contribution in [-0.4, -0.2) is 20.2 Å². The number of ether oxygens (including phenoxy) is 2. The van der Waals surface area contributed by atoms with Crippen LogP contribution in [0.2, 0.25) is 0 Å². The first kappa shape index (κ1) is 14.1. The summed E-state index contributed by atoms with van der Waals surface area (Å²) in [6.45, 7) is 0. The van der Waals surface area contributed by atoms with Crippen LogP contribution < -0.4 is 4.74 Å². The molecule has 0 aromatic heterocycles. The van der Waals surface area contributed by atoms with Gasteiger partial charge >= 0.3 is 5.97 Å². The molecule has 18 heavy (non-hydrogen) atoms. The molecule has 0 heterocycles. The second-order valence-corrected chi connectivity index (χ2v) is 4.01. The third-order valence-corrected chi connectivity index (χ3v) is 2.53. The van der Waals surface area contributed by atoms with Gasteiger partial charge in [0.2, 0.25) is 0 Å². The van der Waals surface area contributed by atoms with Gasteiger partial charge in [0, 0.05) is 14.9 Å². The van der Waals surface area contributed by atoms with Crippen LogP contribution in [0.15, 0.2) is 33.5 Å². The van der Waals surface area contributed by atoms with Crippen molar-refractivity contribution in [1.29, 1.82) is 0 Å². The lowest BCUT2D eigenvalue weighted by molar-refractivity contribution is -0.136. The van der Waals surface area contributed by atoms with Crippen LogP contribution in [0.25, 0.3) is 16.5 Å². The Morgan fingerprint density at radius 1 is 1.50 bits per heavy atom. The average molecular weight is 312 g/mol. The molecule has 0 fully saturated rings. The Morgan fingerprint density at radius 2 is 2.22 bits per heavy atom. The molecule has 0 amide bonds. The maximum atomic E-state index is 11.4. The van der Waals surface area contributed by atoms with E-state index in [1.807, 2.05) is 0 Å². The number of halogens is 1. The Hall–Kier alpha value is -1.98. The van der Waals surface area contributed by atoms with Gasteiger partial charge in [-0.3, -0.25) is 0 Å². The summed E-state index contributed by atoms with van der Waals surface area (Å²) in [4.78, 5) is 13.9. The van der Waals surface area contributed by atoms with Crippen molar-refractivity contribution in [3.8, 4) is 5.75 Å². The molecule has 0 saturated carbocycles. The van der Waals surface area contributed by atoms with Gasteiger partial charge in [0.05, 0.1) is 14.2 Å². The zero-order valence-corrected chi connectivity index (χ0v) is 11.3. The highest BCUT2D eigenvalue weighted by Crippen LogP contribution is 2.25. The van der Waals surface area contributed by atoms with Gasteiger partial charge in [0.25, 0.3) is 0 Å². The molecule has 6 nitrogen and oxygen atoms in total. The Morgan fingerprint density at radius 3 is 2.78 bits per heavy atom. The van der Waals surface area contributed by atoms with Crippen molar-refractivity contribution in [2.24, 2.45) is 5.11 Å². The van der Waals surface area contributed by atoms with Crippen LogP contribution in [0.5, 0.6) is 5.75 Å². The standard InChI is InChI=1S/C11H10BrN3O3/c1-17-10-6-8(12)4-3-7(10)5-9(14-15-13)11(16)18-2/h3-6H,1-2H3/b9-5-. The van der Waals surface area contributed by atoms with E-state index in [1.165, 1.54) is 20.3 Å². The van der Waals surface area contributed by atoms with E-state index >= 15 is 0 Å². The predicted octanol–water partition coefficient (Wildman–Crippen LogP) is 3.28. The van der Waals surface area contributed by atoms with Crippen LogP contribution in [0.3, 0.4) is 0 Å². The number of rotatable bonds is 4. The van der Waals surface area contributed by atoms with E-state index in [9.17, 15) is 4.79 Å². The quantitative estimate of drug-likeness (QED) is 0.281. The average Bonchev–Trinajstić information content (AvgIpc) is 2.39. The van der Waals surface area contributed by atoms with Gasteiger partial charge in [-0.2, -0.15) is 0 Å². The van der Waals surface area contributed by atoms with Crippen molar-refractivity contribution in [1.82, 2.24) is 0 Å². The van der Waals surface area contributed by atoms with E-state index in [-0.39, 0.29) is 5.70 Å². The fraction of sp³-hybridized carbons (Fsp3) is 0.182. The highest BCUT2D eigenvalue weighted by atomic mass is 79.9. The zero-order valence-electron chi connectivity index (χ0n) is 9.75. The van der Waals surface area contributed by atoms with Gasteiger partial charge in [0.15, 0.2) is 0 Å². The maximum absolute atomic E-state index is 11.4. The highest BCUT2D eigenvalue weighted by molar-refractivity contribution is 9.10. The van der Waals surface area contributed by atoms with Crippen LogP contribution in [-0.2, 0) is 9.53 Å². The first-order valence-electron chi connectivity index (χ1n) is 4.81. The van der Waals surface area contributed by atoms with Gasteiger partial charge in [-0.25, -0.2) is 4.79 Å². The minimum absolute atomic E-state index is 0.138. The minimum atomic E-state index is -0.710. The fourth-order valence-corrected chi connectivity index (χ4v) is 1.57. The first-order valence-corrected chi connectivity index (χ1v) is 5.60. The molecule has 0 unspecified atom stereocenters. The van der Waals surface area contributed by atoms with Crippen LogP contribution in [0.4, 0.5) is 0 Å². The first-order chi connectivity index (χ1) is 8.62. The summed E-state index contributed by atoms with van der Waals surface area (Å²) >= 11 is 3.30. The SMILES string of the molecule is COC(=O)/C(=C/c1ccc(Br)cc1OC)N=[N+]=[N-]. The number of benzene rings is 1. The van der Waals surface area contributed by atoms with Crippen molar-refractivity contribution in [3.05, 3.63) is 44.4 Å². The van der Waals surface area contributed by atoms with Crippen molar-refractivity contribution >= 4 is 28.0 Å². The molecule has 0 bridgehead atoms. The second-order valence-electron chi connectivity index (χ2n) is 3.10. The molecule has 7 heteroatoms. The number of azide groups is 1. The Bertz CT molecular complexity index is 536. The summed E-state index contributed by atoms with van der Waals surface area (Å²) < 4.78 is 10.5. The van der Waals surface area contributed by atoms with E-state index in [2.05, 4.69) is 30.7 Å². The molecule has 0 saturated heterocycles. The molecule has 0 aliphatic heterocycles. The Kier molecular flexibility index (Phi) is 5.23. The van der Waals surface area contributed by atoms with Gasteiger partial charge < -0.3 is 9.47 Å². The van der Waals surface area contributed by atoms with Crippen molar-refractivity contribution in [2.75, 3.05) is 14.2 Å². The van der Waals surface area contributed by atoms with E-state index in [1.54, 1.807) is 18.2 Å². The van der Waals surface area contributed by atoms with E-state index in [4.69, 9.17) is 10.3 Å². The summed E-state index contributed by atoms with van der Waals surface area (Å²) in [6.07, 6.45) is 1.40. The van der Waals surface area contributed by atoms with E-state index in [0.717, 1.165) is 4.47 Å². The van der Waals surface area contributed by atoms with E-state index < -0.39 is 5.97 Å². The molecule has 0 N–H and O–H groups in total. The number of hydrogen-bond acceptors (Lipinski definition) is 4. The molecular formula is C11H10BrN3O3. The fourth-order valence-electron chi connectivity index (χ4n) is 1.23. The smallest absolute Gasteiger partial charge is 0.340 e. The van der Waals surface area contributed by atoms with Gasteiger partial charge in [-0.15, -0.1) is 0 Å². The summed E-state index contributed by atoms with van der Waals surface area (Å²) in [7, 11) is 2.71. The topological polar surface area (TPSA) is 84.3 Å². The van der Waals surface area contributed by atoms with Gasteiger partial charge in [-0.05, 0) is 23.7 Å². The number of carbonyl (C=O) groups excluding carboxylic acids is 1. The molecule has 1 aromatic carbocycles. The van der Waals surface area contributed by atoms with E-state index in [0.29, 0.717) is 11.3 Å². The molecule has 0 aliphatic carbocycles. The molecule has 0 spiro atoms. The summed E-state index contributed by atoms with van der Waals surface area (Å²) in [5, 5.41) is 3.29. The third-order valence-electron chi connectivity index (χ3n) is 2.03. The van der Waals surface area contributed by atoms with Crippen molar-refractivity contribution < 1.29 is 14.3 Å². The third kappa shape index (κ3) is 3.51. The van der Waals surface area contributed by atoms with Crippen LogP contribution >= 0.6 is 15.9 Å². The number of nitrogens with zero attached hydrogens (tertiary/aromatic N) is 3.